The molecule has 1 saturated carbocycles. The zero-order valence-electron chi connectivity index (χ0n) is 17.1. The number of nitrogens with one attached hydrogen (secondary N) is 1. The average molecular weight is 541 g/mol. The number of aromatic nitrogens is 4. The van der Waals surface area contributed by atoms with Gasteiger partial charge in [-0.1, -0.05) is 28.3 Å². The van der Waals surface area contributed by atoms with Gasteiger partial charge in [-0.15, -0.1) is 22.0 Å². The smallest absolute Gasteiger partial charge is 0.352 e. The number of hydrogen-bond donors (Lipinski definition) is 3. The second-order valence-corrected chi connectivity index (χ2v) is 11.3. The molecule has 17 heteroatoms. The first-order chi connectivity index (χ1) is 16.4. The SMILES string of the molecule is Nc1nc(/C(=N\OC2CC2)C(=O)N[C@@H]2C(=O)N3C(C(=O)O)=C(CSc4nncs4)CS[C@H]23)ns1. The molecule has 2 atom stereocenters. The van der Waals surface area contributed by atoms with Gasteiger partial charge in [0, 0.05) is 23.0 Å². The van der Waals surface area contributed by atoms with Gasteiger partial charge in [0.25, 0.3) is 11.8 Å². The molecule has 178 valence electrons. The maximum atomic E-state index is 13.0. The van der Waals surface area contributed by atoms with Crippen LogP contribution in [0.3, 0.4) is 0 Å². The molecule has 2 aliphatic heterocycles. The third kappa shape index (κ3) is 4.59. The van der Waals surface area contributed by atoms with Crippen LogP contribution in [0.4, 0.5) is 5.13 Å². The lowest BCUT2D eigenvalue weighted by atomic mass is 10.0. The van der Waals surface area contributed by atoms with Crippen molar-refractivity contribution in [3.63, 3.8) is 0 Å². The Balaban J connectivity index is 1.31. The van der Waals surface area contributed by atoms with Gasteiger partial charge in [-0.25, -0.2) is 4.79 Å². The molecule has 4 N–H and O–H groups in total. The van der Waals surface area contributed by atoms with Crippen LogP contribution in [0.2, 0.25) is 0 Å². The van der Waals surface area contributed by atoms with Gasteiger partial charge in [-0.05, 0) is 18.4 Å². The summed E-state index contributed by atoms with van der Waals surface area (Å²) < 4.78 is 4.72. The fraction of sp³-hybridized carbons (Fsp3) is 0.412. The molecular formula is C17H16N8O5S4. The molecule has 0 radical (unpaired) electrons. The number of anilines is 1. The number of carboxylic acids is 1. The van der Waals surface area contributed by atoms with Gasteiger partial charge in [-0.2, -0.15) is 9.36 Å². The number of nitrogens with zero attached hydrogens (tertiary/aromatic N) is 6. The van der Waals surface area contributed by atoms with E-state index in [9.17, 15) is 19.5 Å². The molecule has 13 nitrogen and oxygen atoms in total. The highest BCUT2D eigenvalue weighted by Crippen LogP contribution is 2.41. The second kappa shape index (κ2) is 9.47. The third-order valence-corrected chi connectivity index (χ3v) is 8.76. The number of aliphatic carboxylic acids is 1. The number of carboxylic acid groups (broad SMARTS) is 1. The predicted octanol–water partition coefficient (Wildman–Crippen LogP) is 0.386. The third-order valence-electron chi connectivity index (χ3n) is 4.93. The van der Waals surface area contributed by atoms with E-state index in [2.05, 4.69) is 30.0 Å². The van der Waals surface area contributed by atoms with Crippen molar-refractivity contribution >= 4 is 75.0 Å². The Kier molecular flexibility index (Phi) is 6.41. The Morgan fingerprint density at radius 1 is 1.41 bits per heavy atom. The molecule has 34 heavy (non-hydrogen) atoms. The maximum Gasteiger partial charge on any atom is 0.352 e. The second-order valence-electron chi connectivity index (χ2n) is 7.31. The molecule has 1 aliphatic carbocycles. The minimum absolute atomic E-state index is 0.00249. The van der Waals surface area contributed by atoms with Crippen LogP contribution in [-0.2, 0) is 19.2 Å². The van der Waals surface area contributed by atoms with E-state index < -0.39 is 29.2 Å². The Labute approximate surface area is 208 Å². The Morgan fingerprint density at radius 3 is 2.88 bits per heavy atom. The monoisotopic (exact) mass is 540 g/mol. The normalized spacial score (nSPS) is 22.3. The summed E-state index contributed by atoms with van der Waals surface area (Å²) in [5, 5.41) is 23.6. The number of carbonyl (C=O) groups is 3. The number of nitrogens with two attached hydrogens (primary N) is 1. The number of amides is 2. The number of carbonyl (C=O) groups excluding carboxylic acids is 2. The standard InChI is InChI=1S/C17H16N8O5S4/c18-16-21-11(24-34-16)8(23-30-7-1-2-7)12(26)20-9-13(27)25-10(15(28)29)6(3-31-14(9)25)4-32-17-22-19-5-33-17/h5,7,9,14H,1-4H2,(H,20,26)(H,28,29)(H2,18,21,24)/b23-8+/t9-,14-/m1/s1. The first-order valence-corrected chi connectivity index (χ1v) is 13.5. The predicted molar refractivity (Wildman–Crippen MR) is 125 cm³/mol. The van der Waals surface area contributed by atoms with Crippen LogP contribution in [0.15, 0.2) is 26.3 Å². The summed E-state index contributed by atoms with van der Waals surface area (Å²) in [6.45, 7) is 0. The Morgan fingerprint density at radius 2 is 2.24 bits per heavy atom. The molecule has 0 unspecified atom stereocenters. The highest BCUT2D eigenvalue weighted by molar-refractivity contribution is 8.01. The van der Waals surface area contributed by atoms with Gasteiger partial charge in [-0.3, -0.25) is 14.5 Å². The minimum Gasteiger partial charge on any atom is -0.477 e. The number of nitrogen functional groups attached to an aromatic ring is 1. The highest BCUT2D eigenvalue weighted by atomic mass is 32.2. The van der Waals surface area contributed by atoms with E-state index in [-0.39, 0.29) is 28.5 Å². The molecule has 0 spiro atoms. The summed E-state index contributed by atoms with van der Waals surface area (Å²) in [4.78, 5) is 48.4. The topological polar surface area (TPSA) is 186 Å². The van der Waals surface area contributed by atoms with Gasteiger partial charge in [0.05, 0.1) is 0 Å². The van der Waals surface area contributed by atoms with Crippen LogP contribution in [0.5, 0.6) is 0 Å². The number of thioether (sulfide) groups is 2. The van der Waals surface area contributed by atoms with Crippen LogP contribution < -0.4 is 11.1 Å². The Bertz CT molecular complexity index is 1190. The fourth-order valence-corrected chi connectivity index (χ4v) is 6.60. The number of oxime groups is 1. The van der Waals surface area contributed by atoms with Crippen molar-refractivity contribution < 1.29 is 24.3 Å². The van der Waals surface area contributed by atoms with E-state index in [0.29, 0.717) is 21.4 Å². The van der Waals surface area contributed by atoms with E-state index in [1.54, 1.807) is 5.51 Å². The summed E-state index contributed by atoms with van der Waals surface area (Å²) >= 11 is 4.99. The zero-order chi connectivity index (χ0) is 23.8. The molecule has 5 rings (SSSR count). The van der Waals surface area contributed by atoms with Gasteiger partial charge >= 0.3 is 5.97 Å². The first-order valence-electron chi connectivity index (χ1n) is 9.85. The van der Waals surface area contributed by atoms with E-state index in [1.807, 2.05) is 0 Å². The van der Waals surface area contributed by atoms with Crippen molar-refractivity contribution in [1.29, 1.82) is 0 Å². The van der Waals surface area contributed by atoms with Gasteiger partial charge in [0.1, 0.15) is 28.7 Å². The zero-order valence-corrected chi connectivity index (χ0v) is 20.4. The van der Waals surface area contributed by atoms with Crippen molar-refractivity contribution in [3.05, 3.63) is 22.6 Å². The van der Waals surface area contributed by atoms with Crippen molar-refractivity contribution in [2.24, 2.45) is 5.16 Å². The number of hydrogen-bond acceptors (Lipinski definition) is 14. The van der Waals surface area contributed by atoms with Crippen LogP contribution >= 0.6 is 46.4 Å². The quantitative estimate of drug-likeness (QED) is 0.172. The average Bonchev–Trinajstić information content (AvgIpc) is 3.30. The summed E-state index contributed by atoms with van der Waals surface area (Å²) in [7, 11) is 0. The lowest BCUT2D eigenvalue weighted by molar-refractivity contribution is -0.150. The van der Waals surface area contributed by atoms with E-state index in [1.165, 1.54) is 39.8 Å². The molecule has 4 heterocycles. The van der Waals surface area contributed by atoms with Crippen LogP contribution in [0, 0.1) is 0 Å². The number of fused-ring (bicyclic) bond motifs is 1. The fourth-order valence-electron chi connectivity index (χ4n) is 3.19. The van der Waals surface area contributed by atoms with Crippen molar-refractivity contribution in [2.75, 3.05) is 17.2 Å². The summed E-state index contributed by atoms with van der Waals surface area (Å²) in [5.41, 5.74) is 7.58. The lowest BCUT2D eigenvalue weighted by Crippen LogP contribution is -2.71. The van der Waals surface area contributed by atoms with E-state index >= 15 is 0 Å². The van der Waals surface area contributed by atoms with Crippen LogP contribution in [-0.4, -0.2) is 82.1 Å². The molecule has 2 fully saturated rings. The summed E-state index contributed by atoms with van der Waals surface area (Å²) in [6.07, 6.45) is 1.61. The molecule has 1 saturated heterocycles. The molecule has 3 aliphatic rings. The molecular weight excluding hydrogens is 525 g/mol. The first kappa shape index (κ1) is 23.0. The van der Waals surface area contributed by atoms with Crippen molar-refractivity contribution in [1.82, 2.24) is 29.8 Å². The maximum absolute atomic E-state index is 13.0. The number of β-lactam (4-membered cyclic amide) rings is 1. The van der Waals surface area contributed by atoms with Gasteiger partial charge < -0.3 is 21.0 Å². The summed E-state index contributed by atoms with van der Waals surface area (Å²) in [6, 6.07) is -0.925. The van der Waals surface area contributed by atoms with Crippen LogP contribution in [0.25, 0.3) is 0 Å². The van der Waals surface area contributed by atoms with Gasteiger partial charge in [0.2, 0.25) is 11.5 Å². The molecule has 2 amide bonds. The Hall–Kier alpha value is -2.76. The summed E-state index contributed by atoms with van der Waals surface area (Å²) in [5.74, 6) is -1.65. The van der Waals surface area contributed by atoms with Crippen molar-refractivity contribution in [3.8, 4) is 0 Å². The van der Waals surface area contributed by atoms with E-state index in [0.717, 1.165) is 24.4 Å². The molecule has 2 aromatic heterocycles. The largest absolute Gasteiger partial charge is 0.477 e. The minimum atomic E-state index is -1.20. The molecule has 0 aromatic carbocycles. The van der Waals surface area contributed by atoms with Crippen molar-refractivity contribution in [2.45, 2.75) is 34.7 Å². The molecule has 2 aromatic rings. The lowest BCUT2D eigenvalue weighted by Gasteiger charge is -2.49. The highest BCUT2D eigenvalue weighted by Gasteiger charge is 2.54. The van der Waals surface area contributed by atoms with Crippen LogP contribution in [0.1, 0.15) is 18.7 Å². The number of rotatable bonds is 9. The van der Waals surface area contributed by atoms with Gasteiger partial charge in [0.15, 0.2) is 9.47 Å². The van der Waals surface area contributed by atoms with E-state index in [4.69, 9.17) is 10.6 Å². The molecule has 0 bridgehead atoms.